The zero-order valence-corrected chi connectivity index (χ0v) is 22.5. The van der Waals surface area contributed by atoms with Crippen LogP contribution in [0.1, 0.15) is 31.9 Å². The van der Waals surface area contributed by atoms with Crippen molar-refractivity contribution >= 4 is 41.2 Å². The van der Waals surface area contributed by atoms with E-state index in [0.29, 0.717) is 16.5 Å². The molecule has 0 fully saturated rings. The zero-order chi connectivity index (χ0) is 27.3. The van der Waals surface area contributed by atoms with Gasteiger partial charge in [-0.3, -0.25) is 19.5 Å². The third-order valence-electron chi connectivity index (χ3n) is 5.57. The van der Waals surface area contributed by atoms with Crippen molar-refractivity contribution in [3.63, 3.8) is 0 Å². The number of non-ortho nitro benzene ring substituents is 1. The van der Waals surface area contributed by atoms with Gasteiger partial charge in [0.2, 0.25) is 0 Å². The van der Waals surface area contributed by atoms with Crippen LogP contribution in [0.2, 0.25) is 5.02 Å². The Hall–Kier alpha value is -4.02. The van der Waals surface area contributed by atoms with Gasteiger partial charge >= 0.3 is 0 Å². The molecule has 0 atom stereocenters. The van der Waals surface area contributed by atoms with Gasteiger partial charge in [0, 0.05) is 34.0 Å². The SMILES string of the molecule is CC(C)(C)c1ccc(-c2nnc(SCC(=O)N/N=C\c3cc([N+](=O)[O-])ccc3Cl)n2-c2ccccc2)cc1. The number of rotatable bonds is 8. The molecular formula is C27H25ClN6O3S. The Kier molecular flexibility index (Phi) is 8.23. The third kappa shape index (κ3) is 6.45. The van der Waals surface area contributed by atoms with Crippen LogP contribution in [0.5, 0.6) is 0 Å². The summed E-state index contributed by atoms with van der Waals surface area (Å²) < 4.78 is 1.91. The van der Waals surface area contributed by atoms with Crippen LogP contribution < -0.4 is 5.43 Å². The fourth-order valence-electron chi connectivity index (χ4n) is 3.56. The second kappa shape index (κ2) is 11.6. The molecule has 0 radical (unpaired) electrons. The number of carbonyl (C=O) groups excluding carboxylic acids is 1. The van der Waals surface area contributed by atoms with Crippen LogP contribution in [0.3, 0.4) is 0 Å². The standard InChI is InChI=1S/C27H25ClN6O3S/c1-27(2,3)20-11-9-18(10-12-20)25-31-32-26(33(25)21-7-5-4-6-8-21)38-17-24(35)30-29-16-19-15-22(34(36)37)13-14-23(19)28/h4-16H,17H2,1-3H3,(H,30,35)/b29-16-. The van der Waals surface area contributed by atoms with Crippen molar-refractivity contribution in [1.29, 1.82) is 0 Å². The van der Waals surface area contributed by atoms with Gasteiger partial charge in [-0.15, -0.1) is 10.2 Å². The quantitative estimate of drug-likeness (QED) is 0.124. The molecule has 4 rings (SSSR count). The summed E-state index contributed by atoms with van der Waals surface area (Å²) >= 11 is 7.28. The number of halogens is 1. The highest BCUT2D eigenvalue weighted by atomic mass is 35.5. The molecule has 0 bridgehead atoms. The van der Waals surface area contributed by atoms with Gasteiger partial charge in [0.15, 0.2) is 11.0 Å². The predicted octanol–water partition coefficient (Wildman–Crippen LogP) is 6.04. The van der Waals surface area contributed by atoms with Crippen LogP contribution >= 0.6 is 23.4 Å². The number of nitro groups is 1. The molecule has 9 nitrogen and oxygen atoms in total. The highest BCUT2D eigenvalue weighted by Crippen LogP contribution is 2.30. The molecule has 0 saturated heterocycles. The fourth-order valence-corrected chi connectivity index (χ4v) is 4.47. The van der Waals surface area contributed by atoms with E-state index in [4.69, 9.17) is 11.6 Å². The topological polar surface area (TPSA) is 115 Å². The van der Waals surface area contributed by atoms with Gasteiger partial charge in [-0.25, -0.2) is 5.43 Å². The van der Waals surface area contributed by atoms with Crippen molar-refractivity contribution in [1.82, 2.24) is 20.2 Å². The van der Waals surface area contributed by atoms with Gasteiger partial charge < -0.3 is 0 Å². The largest absolute Gasteiger partial charge is 0.272 e. The average molecular weight is 549 g/mol. The van der Waals surface area contributed by atoms with Gasteiger partial charge in [-0.05, 0) is 29.2 Å². The van der Waals surface area contributed by atoms with Crippen LogP contribution in [-0.4, -0.2) is 37.6 Å². The van der Waals surface area contributed by atoms with Crippen molar-refractivity contribution in [2.45, 2.75) is 31.3 Å². The summed E-state index contributed by atoms with van der Waals surface area (Å²) in [6.45, 7) is 6.49. The maximum Gasteiger partial charge on any atom is 0.270 e. The highest BCUT2D eigenvalue weighted by Gasteiger charge is 2.19. The molecule has 0 saturated carbocycles. The number of thioether (sulfide) groups is 1. The molecule has 4 aromatic rings. The molecule has 1 amide bonds. The van der Waals surface area contributed by atoms with Crippen molar-refractivity contribution < 1.29 is 9.72 Å². The van der Waals surface area contributed by atoms with Crippen LogP contribution in [0.25, 0.3) is 17.1 Å². The number of benzene rings is 3. The normalized spacial score (nSPS) is 11.6. The van der Waals surface area contributed by atoms with E-state index >= 15 is 0 Å². The van der Waals surface area contributed by atoms with E-state index in [1.54, 1.807) is 0 Å². The number of amides is 1. The van der Waals surface area contributed by atoms with E-state index in [1.165, 1.54) is 41.7 Å². The number of nitro benzene ring substituents is 1. The summed E-state index contributed by atoms with van der Waals surface area (Å²) in [5.74, 6) is 0.304. The molecule has 194 valence electrons. The Balaban J connectivity index is 1.51. The lowest BCUT2D eigenvalue weighted by atomic mass is 9.87. The first-order chi connectivity index (χ1) is 18.1. The molecule has 11 heteroatoms. The summed E-state index contributed by atoms with van der Waals surface area (Å²) in [5.41, 5.74) is 5.63. The van der Waals surface area contributed by atoms with Crippen LogP contribution in [-0.2, 0) is 10.2 Å². The Morgan fingerprint density at radius 3 is 2.47 bits per heavy atom. The molecule has 0 unspecified atom stereocenters. The number of para-hydroxylation sites is 1. The minimum absolute atomic E-state index is 0.0218. The summed E-state index contributed by atoms with van der Waals surface area (Å²) in [4.78, 5) is 22.9. The van der Waals surface area contributed by atoms with Crippen LogP contribution in [0.15, 0.2) is 83.1 Å². The van der Waals surface area contributed by atoms with Crippen molar-refractivity contribution in [3.8, 4) is 17.1 Å². The minimum Gasteiger partial charge on any atom is -0.272 e. The van der Waals surface area contributed by atoms with E-state index in [0.717, 1.165) is 11.3 Å². The van der Waals surface area contributed by atoms with Crippen molar-refractivity contribution in [2.24, 2.45) is 5.10 Å². The Bertz CT molecular complexity index is 1480. The summed E-state index contributed by atoms with van der Waals surface area (Å²) in [7, 11) is 0. The number of aromatic nitrogens is 3. The fraction of sp³-hybridized carbons (Fsp3) is 0.185. The average Bonchev–Trinajstić information content (AvgIpc) is 3.32. The first-order valence-electron chi connectivity index (χ1n) is 11.6. The summed E-state index contributed by atoms with van der Waals surface area (Å²) in [6.07, 6.45) is 1.27. The number of hydrazone groups is 1. The Morgan fingerprint density at radius 1 is 1.11 bits per heavy atom. The third-order valence-corrected chi connectivity index (χ3v) is 6.85. The number of hydrogen-bond donors (Lipinski definition) is 1. The smallest absolute Gasteiger partial charge is 0.270 e. The van der Waals surface area contributed by atoms with Gasteiger partial charge in [-0.2, -0.15) is 5.10 Å². The molecule has 0 spiro atoms. The molecule has 1 aromatic heterocycles. The van der Waals surface area contributed by atoms with Crippen molar-refractivity contribution in [2.75, 3.05) is 5.75 Å². The maximum atomic E-state index is 12.5. The zero-order valence-electron chi connectivity index (χ0n) is 21.0. The lowest BCUT2D eigenvalue weighted by Gasteiger charge is -2.19. The van der Waals surface area contributed by atoms with Gasteiger partial charge in [0.05, 0.1) is 16.9 Å². The van der Waals surface area contributed by atoms with E-state index in [-0.39, 0.29) is 27.8 Å². The number of nitrogens with zero attached hydrogens (tertiary/aromatic N) is 5. The second-order valence-electron chi connectivity index (χ2n) is 9.35. The predicted molar refractivity (Wildman–Crippen MR) is 150 cm³/mol. The van der Waals surface area contributed by atoms with Crippen LogP contribution in [0.4, 0.5) is 5.69 Å². The number of nitrogens with one attached hydrogen (secondary N) is 1. The minimum atomic E-state index is -0.529. The Labute approximate surface area is 229 Å². The van der Waals surface area contributed by atoms with E-state index in [1.807, 2.05) is 47.0 Å². The molecule has 0 aliphatic rings. The molecule has 0 aliphatic carbocycles. The summed E-state index contributed by atoms with van der Waals surface area (Å²) in [5, 5.41) is 24.5. The van der Waals surface area contributed by atoms with Gasteiger partial charge in [0.1, 0.15) is 0 Å². The monoisotopic (exact) mass is 548 g/mol. The highest BCUT2D eigenvalue weighted by molar-refractivity contribution is 7.99. The molecule has 1 N–H and O–H groups in total. The lowest BCUT2D eigenvalue weighted by Crippen LogP contribution is -2.20. The van der Waals surface area contributed by atoms with E-state index in [2.05, 4.69) is 53.6 Å². The van der Waals surface area contributed by atoms with Gasteiger partial charge in [0.25, 0.3) is 11.6 Å². The van der Waals surface area contributed by atoms with E-state index < -0.39 is 4.92 Å². The first-order valence-corrected chi connectivity index (χ1v) is 13.0. The maximum absolute atomic E-state index is 12.5. The molecule has 3 aromatic carbocycles. The molecule has 0 aliphatic heterocycles. The second-order valence-corrected chi connectivity index (χ2v) is 10.7. The van der Waals surface area contributed by atoms with Crippen molar-refractivity contribution in [3.05, 3.63) is 99.1 Å². The number of carbonyl (C=O) groups is 1. The van der Waals surface area contributed by atoms with E-state index in [9.17, 15) is 14.9 Å². The van der Waals surface area contributed by atoms with Crippen LogP contribution in [0, 0.1) is 10.1 Å². The summed E-state index contributed by atoms with van der Waals surface area (Å²) in [6, 6.07) is 21.9. The number of hydrogen-bond acceptors (Lipinski definition) is 7. The first kappa shape index (κ1) is 27.0. The molecule has 38 heavy (non-hydrogen) atoms. The van der Waals surface area contributed by atoms with Gasteiger partial charge in [-0.1, -0.05) is 86.6 Å². The Morgan fingerprint density at radius 2 is 1.82 bits per heavy atom. The molecular weight excluding hydrogens is 524 g/mol. The molecule has 1 heterocycles. The lowest BCUT2D eigenvalue weighted by molar-refractivity contribution is -0.384.